The van der Waals surface area contributed by atoms with Crippen molar-refractivity contribution < 1.29 is 14.3 Å². The number of anilines is 1. The van der Waals surface area contributed by atoms with E-state index in [-0.39, 0.29) is 12.5 Å². The molecule has 0 radical (unpaired) electrons. The molecule has 5 nitrogen and oxygen atoms in total. The molecule has 0 aromatic heterocycles. The van der Waals surface area contributed by atoms with E-state index in [9.17, 15) is 4.79 Å². The number of likely N-dealkylation sites (tertiary alicyclic amines) is 1. The number of hydrogen-bond donors (Lipinski definition) is 1. The van der Waals surface area contributed by atoms with Crippen LogP contribution >= 0.6 is 28.1 Å². The summed E-state index contributed by atoms with van der Waals surface area (Å²) in [4.78, 5) is 15.6. The van der Waals surface area contributed by atoms with E-state index in [1.807, 2.05) is 45.0 Å². The molecular formula is C24H29BrN2O3S. The summed E-state index contributed by atoms with van der Waals surface area (Å²) >= 11 is 9.27. The molecule has 0 atom stereocenters. The van der Waals surface area contributed by atoms with Crippen LogP contribution in [0.5, 0.6) is 11.5 Å². The van der Waals surface area contributed by atoms with E-state index >= 15 is 0 Å². The van der Waals surface area contributed by atoms with E-state index in [0.29, 0.717) is 16.0 Å². The van der Waals surface area contributed by atoms with E-state index in [1.165, 1.54) is 12.0 Å². The van der Waals surface area contributed by atoms with Crippen LogP contribution in [0.3, 0.4) is 0 Å². The van der Waals surface area contributed by atoms with Gasteiger partial charge in [-0.25, -0.2) is 0 Å². The molecule has 2 aromatic rings. The van der Waals surface area contributed by atoms with Crippen LogP contribution in [0.1, 0.15) is 41.5 Å². The van der Waals surface area contributed by atoms with Crippen molar-refractivity contribution in [2.24, 2.45) is 0 Å². The Morgan fingerprint density at radius 2 is 1.74 bits per heavy atom. The molecule has 2 aromatic carbocycles. The molecule has 1 aliphatic heterocycles. The highest BCUT2D eigenvalue weighted by Crippen LogP contribution is 2.37. The Labute approximate surface area is 198 Å². The molecular weight excluding hydrogens is 476 g/mol. The average molecular weight is 505 g/mol. The van der Waals surface area contributed by atoms with Gasteiger partial charge in [0.05, 0.1) is 11.6 Å². The van der Waals surface area contributed by atoms with Crippen LogP contribution in [-0.4, -0.2) is 42.6 Å². The Kier molecular flexibility index (Phi) is 7.94. The minimum Gasteiger partial charge on any atom is -0.493 e. The van der Waals surface area contributed by atoms with E-state index < -0.39 is 0 Å². The Morgan fingerprint density at radius 3 is 2.35 bits per heavy atom. The Bertz CT molecular complexity index is 964. The Hall–Kier alpha value is -2.12. The number of carbonyl (C=O) groups is 1. The van der Waals surface area contributed by atoms with E-state index in [1.54, 1.807) is 7.11 Å². The Balaban J connectivity index is 1.71. The normalized spacial score (nSPS) is 13.6. The first-order valence-corrected chi connectivity index (χ1v) is 11.7. The summed E-state index contributed by atoms with van der Waals surface area (Å²) < 4.78 is 12.1. The number of piperidine rings is 1. The zero-order valence-electron chi connectivity index (χ0n) is 18.5. The number of amides is 1. The van der Waals surface area contributed by atoms with Crippen LogP contribution in [0.25, 0.3) is 0 Å². The number of thiocarbonyl (C=S) groups is 1. The van der Waals surface area contributed by atoms with Crippen molar-refractivity contribution in [3.63, 3.8) is 0 Å². The van der Waals surface area contributed by atoms with Crippen LogP contribution in [0.2, 0.25) is 0 Å². The predicted octanol–water partition coefficient (Wildman–Crippen LogP) is 5.56. The first-order chi connectivity index (χ1) is 14.8. The second kappa shape index (κ2) is 10.5. The fraction of sp³-hybridized carbons (Fsp3) is 0.417. The van der Waals surface area contributed by atoms with Crippen LogP contribution in [-0.2, 0) is 4.79 Å². The third kappa shape index (κ3) is 5.77. The van der Waals surface area contributed by atoms with E-state index in [4.69, 9.17) is 21.7 Å². The Morgan fingerprint density at radius 1 is 1.10 bits per heavy atom. The van der Waals surface area contributed by atoms with Crippen molar-refractivity contribution in [3.8, 4) is 11.5 Å². The van der Waals surface area contributed by atoms with Gasteiger partial charge in [-0.3, -0.25) is 4.79 Å². The topological polar surface area (TPSA) is 50.8 Å². The molecule has 1 amide bonds. The number of hydrogen-bond acceptors (Lipinski definition) is 4. The number of rotatable bonds is 6. The molecule has 1 heterocycles. The summed E-state index contributed by atoms with van der Waals surface area (Å²) in [5, 5.41) is 2.96. The van der Waals surface area contributed by atoms with Crippen molar-refractivity contribution in [3.05, 3.63) is 51.0 Å². The number of nitrogens with zero attached hydrogens (tertiary/aromatic N) is 1. The molecule has 0 aliphatic carbocycles. The van der Waals surface area contributed by atoms with Crippen LogP contribution in [0.4, 0.5) is 5.69 Å². The third-order valence-corrected chi connectivity index (χ3v) is 6.49. The average Bonchev–Trinajstić information content (AvgIpc) is 2.74. The van der Waals surface area contributed by atoms with Gasteiger partial charge in [-0.2, -0.15) is 0 Å². The van der Waals surface area contributed by atoms with E-state index in [2.05, 4.69) is 26.1 Å². The number of carbonyl (C=O) groups excluding carboxylic acids is 1. The number of halogens is 1. The number of benzene rings is 2. The highest BCUT2D eigenvalue weighted by Gasteiger charge is 2.20. The number of ether oxygens (including phenoxy) is 2. The minimum atomic E-state index is -0.225. The fourth-order valence-electron chi connectivity index (χ4n) is 3.95. The zero-order chi connectivity index (χ0) is 22.5. The zero-order valence-corrected chi connectivity index (χ0v) is 20.9. The van der Waals surface area contributed by atoms with Crippen molar-refractivity contribution in [1.82, 2.24) is 4.90 Å². The maximum atomic E-state index is 12.5. The SMILES string of the molecule is COc1cc(C(=S)N2CCCCC2)cc(Br)c1OCC(=O)Nc1c(C)cc(C)cc1C. The number of nitrogens with one attached hydrogen (secondary N) is 1. The van der Waals surface area contributed by atoms with Gasteiger partial charge in [0.15, 0.2) is 18.1 Å². The maximum absolute atomic E-state index is 12.5. The molecule has 3 rings (SSSR count). The monoisotopic (exact) mass is 504 g/mol. The second-order valence-electron chi connectivity index (χ2n) is 7.95. The lowest BCUT2D eigenvalue weighted by atomic mass is 10.1. The highest BCUT2D eigenvalue weighted by atomic mass is 79.9. The maximum Gasteiger partial charge on any atom is 0.262 e. The lowest BCUT2D eigenvalue weighted by molar-refractivity contribution is -0.118. The summed E-state index contributed by atoms with van der Waals surface area (Å²) in [5.74, 6) is 0.802. The molecule has 31 heavy (non-hydrogen) atoms. The van der Waals surface area contributed by atoms with Gasteiger partial charge < -0.3 is 19.7 Å². The van der Waals surface area contributed by atoms with Gasteiger partial charge in [-0.15, -0.1) is 0 Å². The van der Waals surface area contributed by atoms with Gasteiger partial charge in [0.25, 0.3) is 5.91 Å². The van der Waals surface area contributed by atoms with Gasteiger partial charge in [0.1, 0.15) is 4.99 Å². The summed E-state index contributed by atoms with van der Waals surface area (Å²) in [7, 11) is 1.58. The third-order valence-electron chi connectivity index (χ3n) is 5.41. The van der Waals surface area contributed by atoms with Gasteiger partial charge in [0, 0.05) is 24.3 Å². The van der Waals surface area contributed by atoms with Crippen molar-refractivity contribution in [2.45, 2.75) is 40.0 Å². The van der Waals surface area contributed by atoms with Crippen molar-refractivity contribution >= 4 is 44.7 Å². The standard InChI is InChI=1S/C24H29BrN2O3S/c1-15-10-16(2)22(17(3)11-15)26-21(28)14-30-23-19(25)12-18(13-20(23)29-4)24(31)27-8-6-5-7-9-27/h10-13H,5-9,14H2,1-4H3,(H,26,28). The predicted molar refractivity (Wildman–Crippen MR) is 133 cm³/mol. The number of aryl methyl sites for hydroxylation is 3. The van der Waals surface area contributed by atoms with Crippen LogP contribution in [0, 0.1) is 20.8 Å². The first-order valence-electron chi connectivity index (χ1n) is 10.5. The van der Waals surface area contributed by atoms with Crippen LogP contribution in [0.15, 0.2) is 28.7 Å². The van der Waals surface area contributed by atoms with Crippen LogP contribution < -0.4 is 14.8 Å². The lowest BCUT2D eigenvalue weighted by Crippen LogP contribution is -2.34. The molecule has 0 unspecified atom stereocenters. The molecule has 0 saturated carbocycles. The van der Waals surface area contributed by atoms with E-state index in [0.717, 1.165) is 53.3 Å². The highest BCUT2D eigenvalue weighted by molar-refractivity contribution is 9.10. The largest absolute Gasteiger partial charge is 0.493 e. The summed E-state index contributed by atoms with van der Waals surface area (Å²) in [5.41, 5.74) is 4.96. The summed E-state index contributed by atoms with van der Waals surface area (Å²) in [6.45, 7) is 7.85. The first kappa shape index (κ1) is 23.5. The molecule has 0 spiro atoms. The minimum absolute atomic E-state index is 0.127. The van der Waals surface area contributed by atoms with Gasteiger partial charge >= 0.3 is 0 Å². The molecule has 0 bridgehead atoms. The fourth-order valence-corrected chi connectivity index (χ4v) is 4.81. The van der Waals surface area contributed by atoms with Gasteiger partial charge in [-0.05, 0) is 79.2 Å². The molecule has 1 aliphatic rings. The molecule has 1 fully saturated rings. The molecule has 7 heteroatoms. The van der Waals surface area contributed by atoms with Gasteiger partial charge in [0.2, 0.25) is 0 Å². The van der Waals surface area contributed by atoms with Crippen molar-refractivity contribution in [2.75, 3.05) is 32.1 Å². The quantitative estimate of drug-likeness (QED) is 0.521. The smallest absolute Gasteiger partial charge is 0.262 e. The molecule has 166 valence electrons. The lowest BCUT2D eigenvalue weighted by Gasteiger charge is -2.29. The summed E-state index contributed by atoms with van der Waals surface area (Å²) in [6, 6.07) is 7.91. The molecule has 1 saturated heterocycles. The van der Waals surface area contributed by atoms with Crippen molar-refractivity contribution in [1.29, 1.82) is 0 Å². The number of methoxy groups -OCH3 is 1. The summed E-state index contributed by atoms with van der Waals surface area (Å²) in [6.07, 6.45) is 3.58. The second-order valence-corrected chi connectivity index (χ2v) is 9.19. The van der Waals surface area contributed by atoms with Gasteiger partial charge in [-0.1, -0.05) is 29.9 Å². The molecule has 1 N–H and O–H groups in total.